The summed E-state index contributed by atoms with van der Waals surface area (Å²) in [5.41, 5.74) is 0. The maximum Gasteiger partial charge on any atom is 0.111 e. The molecular formula is C9H18O2. The molecule has 0 saturated heterocycles. The van der Waals surface area contributed by atoms with Crippen LogP contribution in [0.5, 0.6) is 0 Å². The van der Waals surface area contributed by atoms with E-state index in [1.165, 1.54) is 6.26 Å². The minimum atomic E-state index is 0.613. The van der Waals surface area contributed by atoms with Gasteiger partial charge in [-0.15, -0.1) is 0 Å². The SMILES string of the molecule is C=COCCOCCC(C)C. The molecule has 0 fully saturated rings. The highest BCUT2D eigenvalue weighted by Crippen LogP contribution is 1.98. The first-order valence-corrected chi connectivity index (χ1v) is 4.07. The van der Waals surface area contributed by atoms with Crippen molar-refractivity contribution >= 4 is 0 Å². The summed E-state index contributed by atoms with van der Waals surface area (Å²) >= 11 is 0. The Balaban J connectivity index is 2.85. The predicted octanol–water partition coefficient (Wildman–Crippen LogP) is 2.21. The predicted molar refractivity (Wildman–Crippen MR) is 46.4 cm³/mol. The summed E-state index contributed by atoms with van der Waals surface area (Å²) in [7, 11) is 0. The van der Waals surface area contributed by atoms with Gasteiger partial charge in [-0.1, -0.05) is 20.4 Å². The van der Waals surface area contributed by atoms with Crippen LogP contribution < -0.4 is 0 Å². The topological polar surface area (TPSA) is 18.5 Å². The van der Waals surface area contributed by atoms with Crippen LogP contribution in [0.3, 0.4) is 0 Å². The van der Waals surface area contributed by atoms with Gasteiger partial charge in [0.25, 0.3) is 0 Å². The Kier molecular flexibility index (Phi) is 7.26. The molecule has 0 bridgehead atoms. The zero-order valence-corrected chi connectivity index (χ0v) is 7.51. The van der Waals surface area contributed by atoms with Crippen molar-refractivity contribution < 1.29 is 9.47 Å². The van der Waals surface area contributed by atoms with Crippen LogP contribution in [-0.4, -0.2) is 19.8 Å². The summed E-state index contributed by atoms with van der Waals surface area (Å²) in [5, 5.41) is 0. The molecule has 0 aromatic heterocycles. The Morgan fingerprint density at radius 1 is 1.27 bits per heavy atom. The van der Waals surface area contributed by atoms with E-state index in [1.807, 2.05) is 0 Å². The molecule has 0 unspecified atom stereocenters. The second kappa shape index (κ2) is 7.61. The minimum Gasteiger partial charge on any atom is -0.499 e. The van der Waals surface area contributed by atoms with Crippen molar-refractivity contribution in [3.8, 4) is 0 Å². The van der Waals surface area contributed by atoms with Gasteiger partial charge in [0.1, 0.15) is 6.61 Å². The molecule has 0 atom stereocenters. The van der Waals surface area contributed by atoms with Crippen LogP contribution in [0, 0.1) is 5.92 Å². The molecule has 0 aliphatic heterocycles. The van der Waals surface area contributed by atoms with Gasteiger partial charge in [-0.2, -0.15) is 0 Å². The molecule has 0 aromatic rings. The summed E-state index contributed by atoms with van der Waals surface area (Å²) in [6.07, 6.45) is 2.56. The third kappa shape index (κ3) is 9.50. The number of hydrogen-bond donors (Lipinski definition) is 0. The Bertz CT molecular complexity index is 89.6. The van der Waals surface area contributed by atoms with Gasteiger partial charge in [-0.3, -0.25) is 0 Å². The van der Waals surface area contributed by atoms with E-state index in [2.05, 4.69) is 20.4 Å². The molecule has 0 saturated carbocycles. The van der Waals surface area contributed by atoms with Crippen LogP contribution in [0.25, 0.3) is 0 Å². The fourth-order valence-electron chi connectivity index (χ4n) is 0.611. The van der Waals surface area contributed by atoms with Crippen molar-refractivity contribution in [1.29, 1.82) is 0 Å². The highest BCUT2D eigenvalue weighted by Gasteiger charge is 1.92. The second-order valence-corrected chi connectivity index (χ2v) is 2.83. The van der Waals surface area contributed by atoms with Gasteiger partial charge >= 0.3 is 0 Å². The van der Waals surface area contributed by atoms with Gasteiger partial charge in [0, 0.05) is 6.61 Å². The van der Waals surface area contributed by atoms with Gasteiger partial charge in [-0.25, -0.2) is 0 Å². The van der Waals surface area contributed by atoms with Crippen LogP contribution >= 0.6 is 0 Å². The van der Waals surface area contributed by atoms with E-state index in [0.717, 1.165) is 18.9 Å². The largest absolute Gasteiger partial charge is 0.499 e. The zero-order valence-electron chi connectivity index (χ0n) is 7.51. The van der Waals surface area contributed by atoms with E-state index in [4.69, 9.17) is 9.47 Å². The van der Waals surface area contributed by atoms with Crippen LogP contribution in [-0.2, 0) is 9.47 Å². The fourth-order valence-corrected chi connectivity index (χ4v) is 0.611. The molecule has 2 heteroatoms. The summed E-state index contributed by atoms with van der Waals surface area (Å²) in [6.45, 7) is 9.91. The van der Waals surface area contributed by atoms with Gasteiger partial charge in [-0.05, 0) is 12.3 Å². The van der Waals surface area contributed by atoms with Crippen LogP contribution in [0.2, 0.25) is 0 Å². The maximum atomic E-state index is 5.27. The minimum absolute atomic E-state index is 0.613. The van der Waals surface area contributed by atoms with Crippen LogP contribution in [0.4, 0.5) is 0 Å². The second-order valence-electron chi connectivity index (χ2n) is 2.83. The van der Waals surface area contributed by atoms with E-state index < -0.39 is 0 Å². The molecule has 0 heterocycles. The molecule has 0 spiro atoms. The number of ether oxygens (including phenoxy) is 2. The summed E-state index contributed by atoms with van der Waals surface area (Å²) in [6, 6.07) is 0. The van der Waals surface area contributed by atoms with Gasteiger partial charge in [0.05, 0.1) is 12.9 Å². The number of hydrogen-bond acceptors (Lipinski definition) is 2. The van der Waals surface area contributed by atoms with Crippen molar-refractivity contribution in [1.82, 2.24) is 0 Å². The van der Waals surface area contributed by atoms with E-state index in [9.17, 15) is 0 Å². The van der Waals surface area contributed by atoms with Crippen molar-refractivity contribution in [3.63, 3.8) is 0 Å². The van der Waals surface area contributed by atoms with E-state index in [-0.39, 0.29) is 0 Å². The first-order chi connectivity index (χ1) is 5.27. The van der Waals surface area contributed by atoms with Crippen molar-refractivity contribution in [2.75, 3.05) is 19.8 Å². The smallest absolute Gasteiger partial charge is 0.111 e. The van der Waals surface area contributed by atoms with Gasteiger partial charge in [0.2, 0.25) is 0 Å². The molecule has 0 aliphatic rings. The molecule has 0 amide bonds. The molecule has 2 nitrogen and oxygen atoms in total. The lowest BCUT2D eigenvalue weighted by atomic mass is 10.1. The lowest BCUT2D eigenvalue weighted by Crippen LogP contribution is -2.04. The van der Waals surface area contributed by atoms with Crippen molar-refractivity contribution in [2.24, 2.45) is 5.92 Å². The van der Waals surface area contributed by atoms with Crippen molar-refractivity contribution in [2.45, 2.75) is 20.3 Å². The monoisotopic (exact) mass is 158 g/mol. The summed E-state index contributed by atoms with van der Waals surface area (Å²) in [4.78, 5) is 0. The molecule has 66 valence electrons. The van der Waals surface area contributed by atoms with Gasteiger partial charge < -0.3 is 9.47 Å². The fraction of sp³-hybridized carbons (Fsp3) is 0.778. The Morgan fingerprint density at radius 2 is 2.00 bits per heavy atom. The average molecular weight is 158 g/mol. The normalized spacial score (nSPS) is 10.1. The van der Waals surface area contributed by atoms with E-state index in [0.29, 0.717) is 13.2 Å². The lowest BCUT2D eigenvalue weighted by Gasteiger charge is -2.05. The zero-order chi connectivity index (χ0) is 8.53. The molecule has 0 aromatic carbocycles. The molecule has 0 radical (unpaired) electrons. The Hall–Kier alpha value is -0.500. The first-order valence-electron chi connectivity index (χ1n) is 4.07. The van der Waals surface area contributed by atoms with E-state index >= 15 is 0 Å². The maximum absolute atomic E-state index is 5.27. The molecule has 0 rings (SSSR count). The summed E-state index contributed by atoms with van der Waals surface area (Å²) in [5.74, 6) is 0.718. The quantitative estimate of drug-likeness (QED) is 0.418. The summed E-state index contributed by atoms with van der Waals surface area (Å²) < 4.78 is 10.2. The van der Waals surface area contributed by atoms with Crippen LogP contribution in [0.15, 0.2) is 12.8 Å². The lowest BCUT2D eigenvalue weighted by molar-refractivity contribution is 0.0788. The standard InChI is InChI=1S/C9H18O2/c1-4-10-7-8-11-6-5-9(2)3/h4,9H,1,5-8H2,2-3H3. The van der Waals surface area contributed by atoms with Gasteiger partial charge in [0.15, 0.2) is 0 Å². The third-order valence-electron chi connectivity index (χ3n) is 1.30. The Morgan fingerprint density at radius 3 is 2.55 bits per heavy atom. The first kappa shape index (κ1) is 10.5. The van der Waals surface area contributed by atoms with Crippen LogP contribution in [0.1, 0.15) is 20.3 Å². The molecule has 11 heavy (non-hydrogen) atoms. The average Bonchev–Trinajstić information content (AvgIpc) is 1.96. The highest BCUT2D eigenvalue weighted by molar-refractivity contribution is 4.48. The Labute approximate surface area is 69.2 Å². The highest BCUT2D eigenvalue weighted by atomic mass is 16.5. The third-order valence-corrected chi connectivity index (χ3v) is 1.30. The number of rotatable bonds is 7. The van der Waals surface area contributed by atoms with E-state index in [1.54, 1.807) is 0 Å². The molecule has 0 aliphatic carbocycles. The van der Waals surface area contributed by atoms with Crippen molar-refractivity contribution in [3.05, 3.63) is 12.8 Å². The molecular weight excluding hydrogens is 140 g/mol. The molecule has 0 N–H and O–H groups in total.